The molecule has 2 aromatic carbocycles. The van der Waals surface area contributed by atoms with Crippen molar-refractivity contribution in [3.8, 4) is 28.6 Å². The fraction of sp³-hybridized carbons (Fsp3) is 0.370. The maximum atomic E-state index is 13.5. The first-order chi connectivity index (χ1) is 17.0. The summed E-state index contributed by atoms with van der Waals surface area (Å²) in [6, 6.07) is 11.8. The quantitative estimate of drug-likeness (QED) is 0.459. The van der Waals surface area contributed by atoms with Crippen molar-refractivity contribution >= 4 is 17.4 Å². The van der Waals surface area contributed by atoms with Gasteiger partial charge in [-0.25, -0.2) is 9.97 Å². The molecule has 3 aromatic rings. The number of aryl methyl sites for hydroxylation is 1. The fourth-order valence-corrected chi connectivity index (χ4v) is 4.42. The van der Waals surface area contributed by atoms with Gasteiger partial charge in [-0.15, -0.1) is 0 Å². The van der Waals surface area contributed by atoms with Gasteiger partial charge < -0.3 is 24.0 Å². The Morgan fingerprint density at radius 1 is 1.03 bits per heavy atom. The van der Waals surface area contributed by atoms with Crippen molar-refractivity contribution in [2.75, 3.05) is 45.9 Å². The highest BCUT2D eigenvalue weighted by Gasteiger charge is 2.27. The normalized spacial score (nSPS) is 13.0. The van der Waals surface area contributed by atoms with Crippen molar-refractivity contribution < 1.29 is 19.0 Å². The van der Waals surface area contributed by atoms with Crippen LogP contribution in [-0.2, 0) is 0 Å². The van der Waals surface area contributed by atoms with Gasteiger partial charge in [0.2, 0.25) is 5.75 Å². The number of rotatable bonds is 8. The number of carbonyl (C=O) groups is 1. The zero-order valence-electron chi connectivity index (χ0n) is 21.0. The van der Waals surface area contributed by atoms with E-state index >= 15 is 0 Å². The van der Waals surface area contributed by atoms with Crippen LogP contribution in [0.3, 0.4) is 0 Å². The van der Waals surface area contributed by atoms with E-state index in [0.29, 0.717) is 46.6 Å². The van der Waals surface area contributed by atoms with Crippen LogP contribution in [0.2, 0.25) is 0 Å². The Hall–Kier alpha value is -3.81. The van der Waals surface area contributed by atoms with Crippen LogP contribution in [0.5, 0.6) is 17.2 Å². The number of aromatic nitrogens is 2. The van der Waals surface area contributed by atoms with Crippen LogP contribution >= 0.6 is 0 Å². The summed E-state index contributed by atoms with van der Waals surface area (Å²) in [4.78, 5) is 27.0. The molecule has 0 N–H and O–H groups in total. The van der Waals surface area contributed by atoms with Crippen LogP contribution in [0.25, 0.3) is 11.4 Å². The van der Waals surface area contributed by atoms with E-state index in [4.69, 9.17) is 19.2 Å². The monoisotopic (exact) mass is 476 g/mol. The van der Waals surface area contributed by atoms with Gasteiger partial charge in [0.25, 0.3) is 5.91 Å². The van der Waals surface area contributed by atoms with Crippen molar-refractivity contribution in [3.05, 3.63) is 53.7 Å². The van der Waals surface area contributed by atoms with Crippen molar-refractivity contribution in [1.29, 1.82) is 0 Å². The lowest BCUT2D eigenvalue weighted by molar-refractivity contribution is 0.0792. The molecule has 1 aliphatic rings. The fourth-order valence-electron chi connectivity index (χ4n) is 4.42. The van der Waals surface area contributed by atoms with Crippen molar-refractivity contribution in [1.82, 2.24) is 14.9 Å². The number of hydrogen-bond acceptors (Lipinski definition) is 7. The molecule has 0 bridgehead atoms. The maximum Gasteiger partial charge on any atom is 0.259 e. The first-order valence-corrected chi connectivity index (χ1v) is 11.8. The molecule has 1 aliphatic heterocycles. The molecule has 8 heteroatoms. The molecule has 2 heterocycles. The smallest absolute Gasteiger partial charge is 0.259 e. The van der Waals surface area contributed by atoms with Crippen molar-refractivity contribution in [3.63, 3.8) is 0 Å². The minimum Gasteiger partial charge on any atom is -0.493 e. The van der Waals surface area contributed by atoms with E-state index in [1.165, 1.54) is 0 Å². The van der Waals surface area contributed by atoms with E-state index in [1.54, 1.807) is 27.5 Å². The molecule has 4 rings (SSSR count). The summed E-state index contributed by atoms with van der Waals surface area (Å²) in [5.74, 6) is 2.51. The van der Waals surface area contributed by atoms with E-state index in [1.807, 2.05) is 36.1 Å². The minimum atomic E-state index is -0.0416. The van der Waals surface area contributed by atoms with Crippen LogP contribution in [-0.4, -0.2) is 61.7 Å². The molecule has 1 amide bonds. The van der Waals surface area contributed by atoms with E-state index in [2.05, 4.69) is 28.9 Å². The number of likely N-dealkylation sites (tertiary alicyclic amines) is 1. The molecule has 1 aromatic heterocycles. The number of ether oxygens (including phenoxy) is 3. The lowest BCUT2D eigenvalue weighted by atomic mass is 10.1. The molecular formula is C27H32N4O4. The van der Waals surface area contributed by atoms with E-state index in [-0.39, 0.29) is 5.91 Å². The Labute approximate surface area is 206 Å². The topological polar surface area (TPSA) is 77.0 Å². The third-order valence-corrected chi connectivity index (χ3v) is 6.20. The number of amides is 1. The standard InChI is InChI=1S/C27H32N4O4/c1-6-31(20-11-9-10-18(2)14-20)26-21(27(32)30-12-7-8-13-30)17-28-25(29-26)19-15-22(33-3)24(35-5)23(16-19)34-4/h9-11,14-17H,6-8,12-13H2,1-5H3. The highest BCUT2D eigenvalue weighted by molar-refractivity contribution is 6.00. The highest BCUT2D eigenvalue weighted by atomic mass is 16.5. The summed E-state index contributed by atoms with van der Waals surface area (Å²) in [6.45, 7) is 6.24. The van der Waals surface area contributed by atoms with Gasteiger partial charge >= 0.3 is 0 Å². The number of methoxy groups -OCH3 is 3. The molecule has 0 saturated carbocycles. The van der Waals surface area contributed by atoms with Gasteiger partial charge in [-0.2, -0.15) is 0 Å². The summed E-state index contributed by atoms with van der Waals surface area (Å²) < 4.78 is 16.5. The number of anilines is 2. The average Bonchev–Trinajstić information content (AvgIpc) is 3.43. The maximum absolute atomic E-state index is 13.5. The third-order valence-electron chi connectivity index (χ3n) is 6.20. The zero-order valence-corrected chi connectivity index (χ0v) is 21.0. The Bertz CT molecular complexity index is 1180. The molecule has 0 aliphatic carbocycles. The Kier molecular flexibility index (Phi) is 7.39. The van der Waals surface area contributed by atoms with Crippen LogP contribution < -0.4 is 19.1 Å². The molecule has 8 nitrogen and oxygen atoms in total. The first kappa shape index (κ1) is 24.3. The van der Waals surface area contributed by atoms with Gasteiger partial charge in [0, 0.05) is 37.1 Å². The summed E-state index contributed by atoms with van der Waals surface area (Å²) in [6.07, 6.45) is 3.67. The van der Waals surface area contributed by atoms with Crippen molar-refractivity contribution in [2.24, 2.45) is 0 Å². The summed E-state index contributed by atoms with van der Waals surface area (Å²) in [7, 11) is 4.71. The second-order valence-corrected chi connectivity index (χ2v) is 8.43. The molecule has 0 atom stereocenters. The molecule has 1 saturated heterocycles. The molecule has 0 spiro atoms. The number of carbonyl (C=O) groups excluding carboxylic acids is 1. The van der Waals surface area contributed by atoms with Gasteiger partial charge in [0.1, 0.15) is 11.4 Å². The Morgan fingerprint density at radius 2 is 1.71 bits per heavy atom. The molecular weight excluding hydrogens is 444 g/mol. The Morgan fingerprint density at radius 3 is 2.29 bits per heavy atom. The molecule has 0 unspecified atom stereocenters. The molecule has 184 valence electrons. The summed E-state index contributed by atoms with van der Waals surface area (Å²) in [5.41, 5.74) is 3.29. The largest absolute Gasteiger partial charge is 0.493 e. The lowest BCUT2D eigenvalue weighted by Crippen LogP contribution is -2.30. The second-order valence-electron chi connectivity index (χ2n) is 8.43. The predicted molar refractivity (Wildman–Crippen MR) is 136 cm³/mol. The summed E-state index contributed by atoms with van der Waals surface area (Å²) in [5, 5.41) is 0. The van der Waals surface area contributed by atoms with E-state index in [9.17, 15) is 4.79 Å². The van der Waals surface area contributed by atoms with Gasteiger partial charge in [-0.3, -0.25) is 4.79 Å². The predicted octanol–water partition coefficient (Wildman–Crippen LogP) is 4.87. The molecule has 35 heavy (non-hydrogen) atoms. The number of hydrogen-bond donors (Lipinski definition) is 0. The lowest BCUT2D eigenvalue weighted by Gasteiger charge is -2.26. The number of benzene rings is 2. The third kappa shape index (κ3) is 4.87. The van der Waals surface area contributed by atoms with Gasteiger partial charge in [0.05, 0.1) is 21.3 Å². The minimum absolute atomic E-state index is 0.0416. The number of nitrogens with zero attached hydrogens (tertiary/aromatic N) is 4. The van der Waals surface area contributed by atoms with Gasteiger partial charge in [-0.05, 0) is 56.5 Å². The van der Waals surface area contributed by atoms with Gasteiger partial charge in [0.15, 0.2) is 17.3 Å². The molecule has 0 radical (unpaired) electrons. The van der Waals surface area contributed by atoms with Crippen LogP contribution in [0.1, 0.15) is 35.7 Å². The second kappa shape index (κ2) is 10.6. The van der Waals surface area contributed by atoms with Crippen LogP contribution in [0, 0.1) is 6.92 Å². The van der Waals surface area contributed by atoms with Crippen LogP contribution in [0.15, 0.2) is 42.6 Å². The Balaban J connectivity index is 1.88. The first-order valence-electron chi connectivity index (χ1n) is 11.8. The zero-order chi connectivity index (χ0) is 24.9. The van der Waals surface area contributed by atoms with Crippen molar-refractivity contribution in [2.45, 2.75) is 26.7 Å². The van der Waals surface area contributed by atoms with Gasteiger partial charge in [-0.1, -0.05) is 12.1 Å². The highest BCUT2D eigenvalue weighted by Crippen LogP contribution is 2.41. The van der Waals surface area contributed by atoms with Crippen LogP contribution in [0.4, 0.5) is 11.5 Å². The van der Waals surface area contributed by atoms with E-state index < -0.39 is 0 Å². The van der Waals surface area contributed by atoms with E-state index in [0.717, 1.165) is 37.2 Å². The average molecular weight is 477 g/mol. The SMILES string of the molecule is CCN(c1cccc(C)c1)c1nc(-c2cc(OC)c(OC)c(OC)c2)ncc1C(=O)N1CCCC1. The summed E-state index contributed by atoms with van der Waals surface area (Å²) >= 11 is 0. The molecule has 1 fully saturated rings.